The highest BCUT2D eigenvalue weighted by Crippen LogP contribution is 2.24. The van der Waals surface area contributed by atoms with Crippen molar-refractivity contribution in [2.45, 2.75) is 30.8 Å². The first-order valence-corrected chi connectivity index (χ1v) is 9.61. The smallest absolute Gasteiger partial charge is 0.243 e. The number of sulfonamides is 1. The minimum atomic E-state index is -3.71. The van der Waals surface area contributed by atoms with Gasteiger partial charge in [0.15, 0.2) is 0 Å². The molecule has 0 fully saturated rings. The second-order valence-electron chi connectivity index (χ2n) is 4.82. The average molecular weight is 334 g/mol. The molecule has 1 atom stereocenters. The van der Waals surface area contributed by atoms with Crippen LogP contribution in [0.15, 0.2) is 23.1 Å². The van der Waals surface area contributed by atoms with Gasteiger partial charge < -0.3 is 5.32 Å². The zero-order chi connectivity index (χ0) is 16.0. The van der Waals surface area contributed by atoms with E-state index in [2.05, 4.69) is 5.32 Å². The Bertz CT molecular complexity index is 564. The number of thioether (sulfide) groups is 1. The first-order chi connectivity index (χ1) is 9.88. The van der Waals surface area contributed by atoms with E-state index in [-0.39, 0.29) is 10.9 Å². The topological polar surface area (TPSA) is 49.4 Å². The molecule has 1 N–H and O–H groups in total. The lowest BCUT2D eigenvalue weighted by Gasteiger charge is -2.27. The van der Waals surface area contributed by atoms with Crippen LogP contribution in [0, 0.1) is 5.82 Å². The molecule has 1 rings (SSSR count). The van der Waals surface area contributed by atoms with Gasteiger partial charge in [-0.2, -0.15) is 16.1 Å². The fraction of sp³-hybridized carbons (Fsp3) is 0.571. The Morgan fingerprint density at radius 1 is 1.43 bits per heavy atom. The Morgan fingerprint density at radius 2 is 2.10 bits per heavy atom. The molecule has 0 saturated heterocycles. The molecule has 0 aliphatic heterocycles. The highest BCUT2D eigenvalue weighted by Gasteiger charge is 2.29. The molecule has 0 saturated carbocycles. The fourth-order valence-corrected chi connectivity index (χ4v) is 4.73. The van der Waals surface area contributed by atoms with E-state index in [4.69, 9.17) is 0 Å². The molecule has 1 unspecified atom stereocenters. The van der Waals surface area contributed by atoms with E-state index >= 15 is 0 Å². The Balaban J connectivity index is 3.25. The summed E-state index contributed by atoms with van der Waals surface area (Å²) in [6.07, 6.45) is 2.66. The van der Waals surface area contributed by atoms with Crippen molar-refractivity contribution in [2.24, 2.45) is 0 Å². The number of nitrogens with one attached hydrogen (secondary N) is 1. The lowest BCUT2D eigenvalue weighted by atomic mass is 10.2. The monoisotopic (exact) mass is 334 g/mol. The van der Waals surface area contributed by atoms with Crippen LogP contribution in [0.1, 0.15) is 18.9 Å². The summed E-state index contributed by atoms with van der Waals surface area (Å²) in [5.74, 6) is 0.169. The summed E-state index contributed by atoms with van der Waals surface area (Å²) >= 11 is 1.60. The van der Waals surface area contributed by atoms with Crippen LogP contribution in [0.25, 0.3) is 0 Å². The van der Waals surface area contributed by atoms with E-state index in [1.807, 2.05) is 13.2 Å². The van der Waals surface area contributed by atoms with Crippen molar-refractivity contribution in [2.75, 3.05) is 26.1 Å². The van der Waals surface area contributed by atoms with Crippen LogP contribution in [0.4, 0.5) is 4.39 Å². The molecule has 4 nitrogen and oxygen atoms in total. The van der Waals surface area contributed by atoms with E-state index in [0.29, 0.717) is 24.3 Å². The first-order valence-electron chi connectivity index (χ1n) is 6.78. The summed E-state index contributed by atoms with van der Waals surface area (Å²) in [7, 11) is -0.416. The van der Waals surface area contributed by atoms with E-state index in [9.17, 15) is 12.8 Å². The van der Waals surface area contributed by atoms with Crippen molar-refractivity contribution in [3.63, 3.8) is 0 Å². The largest absolute Gasteiger partial charge is 0.316 e. The molecule has 0 heterocycles. The average Bonchev–Trinajstić information content (AvgIpc) is 2.46. The molecule has 1 aromatic rings. The Morgan fingerprint density at radius 3 is 2.62 bits per heavy atom. The van der Waals surface area contributed by atoms with Crippen molar-refractivity contribution in [3.8, 4) is 0 Å². The number of rotatable bonds is 8. The Labute approximate surface area is 131 Å². The van der Waals surface area contributed by atoms with Crippen LogP contribution >= 0.6 is 11.8 Å². The SMILES string of the molecule is CCC(CSC)N(C)S(=O)(=O)c1cc(F)ccc1CNC. The normalized spacial score (nSPS) is 13.6. The van der Waals surface area contributed by atoms with Crippen LogP contribution in [0.2, 0.25) is 0 Å². The van der Waals surface area contributed by atoms with Crippen LogP contribution < -0.4 is 5.32 Å². The maximum atomic E-state index is 13.5. The van der Waals surface area contributed by atoms with Gasteiger partial charge in [-0.1, -0.05) is 13.0 Å². The molecule has 0 radical (unpaired) electrons. The molecule has 0 amide bonds. The zero-order valence-corrected chi connectivity index (χ0v) is 14.5. The van der Waals surface area contributed by atoms with Gasteiger partial charge in [-0.25, -0.2) is 12.8 Å². The van der Waals surface area contributed by atoms with Crippen LogP contribution in [-0.4, -0.2) is 44.9 Å². The molecule has 0 bridgehead atoms. The van der Waals surface area contributed by atoms with E-state index in [0.717, 1.165) is 6.07 Å². The molecular weight excluding hydrogens is 311 g/mol. The number of benzene rings is 1. The molecule has 120 valence electrons. The first kappa shape index (κ1) is 18.4. The van der Waals surface area contributed by atoms with Crippen LogP contribution in [0.3, 0.4) is 0 Å². The predicted octanol–water partition coefficient (Wildman–Crippen LogP) is 2.31. The molecular formula is C14H23FN2O2S2. The van der Waals surface area contributed by atoms with Crippen LogP contribution in [-0.2, 0) is 16.6 Å². The second kappa shape index (κ2) is 8.12. The minimum absolute atomic E-state index is 0.0407. The van der Waals surface area contributed by atoms with Gasteiger partial charge in [0.05, 0.1) is 4.90 Å². The molecule has 21 heavy (non-hydrogen) atoms. The molecule has 0 aliphatic rings. The zero-order valence-electron chi connectivity index (χ0n) is 12.9. The third kappa shape index (κ3) is 4.42. The molecule has 1 aromatic carbocycles. The summed E-state index contributed by atoms with van der Waals surface area (Å²) in [5.41, 5.74) is 0.574. The van der Waals surface area contributed by atoms with E-state index < -0.39 is 15.8 Å². The van der Waals surface area contributed by atoms with Crippen molar-refractivity contribution in [1.82, 2.24) is 9.62 Å². The number of nitrogens with zero attached hydrogens (tertiary/aromatic N) is 1. The van der Waals surface area contributed by atoms with Gasteiger partial charge in [0, 0.05) is 25.4 Å². The Hall–Kier alpha value is -0.630. The standard InChI is InChI=1S/C14H23FN2O2S2/c1-5-13(10-20-4)17(3)21(18,19)14-8-12(15)7-6-11(14)9-16-2/h6-8,13,16H,5,9-10H2,1-4H3. The van der Waals surface area contributed by atoms with Gasteiger partial charge in [-0.3, -0.25) is 0 Å². The number of hydrogen-bond donors (Lipinski definition) is 1. The second-order valence-corrected chi connectivity index (χ2v) is 7.70. The number of halogens is 1. The maximum Gasteiger partial charge on any atom is 0.243 e. The quantitative estimate of drug-likeness (QED) is 0.792. The van der Waals surface area contributed by atoms with E-state index in [1.54, 1.807) is 25.9 Å². The predicted molar refractivity (Wildman–Crippen MR) is 86.6 cm³/mol. The van der Waals surface area contributed by atoms with Gasteiger partial charge in [-0.15, -0.1) is 0 Å². The van der Waals surface area contributed by atoms with Gasteiger partial charge in [0.1, 0.15) is 5.82 Å². The summed E-state index contributed by atoms with van der Waals surface area (Å²) in [5, 5.41) is 2.91. The fourth-order valence-electron chi connectivity index (χ4n) is 2.13. The summed E-state index contributed by atoms with van der Waals surface area (Å²) in [6, 6.07) is 3.80. The summed E-state index contributed by atoms with van der Waals surface area (Å²) in [6.45, 7) is 2.33. The number of hydrogen-bond acceptors (Lipinski definition) is 4. The molecule has 0 aliphatic carbocycles. The van der Waals surface area contributed by atoms with Gasteiger partial charge >= 0.3 is 0 Å². The van der Waals surface area contributed by atoms with Crippen molar-refractivity contribution in [1.29, 1.82) is 0 Å². The summed E-state index contributed by atoms with van der Waals surface area (Å²) in [4.78, 5) is 0.0407. The van der Waals surface area contributed by atoms with Crippen LogP contribution in [0.5, 0.6) is 0 Å². The summed E-state index contributed by atoms with van der Waals surface area (Å²) < 4.78 is 40.4. The Kier molecular flexibility index (Phi) is 7.12. The minimum Gasteiger partial charge on any atom is -0.316 e. The third-order valence-corrected chi connectivity index (χ3v) is 6.11. The van der Waals surface area contributed by atoms with Gasteiger partial charge in [0.25, 0.3) is 0 Å². The van der Waals surface area contributed by atoms with Crippen molar-refractivity contribution < 1.29 is 12.8 Å². The lowest BCUT2D eigenvalue weighted by Crippen LogP contribution is -2.38. The lowest BCUT2D eigenvalue weighted by molar-refractivity contribution is 0.384. The van der Waals surface area contributed by atoms with Crippen molar-refractivity contribution >= 4 is 21.8 Å². The molecule has 7 heteroatoms. The highest BCUT2D eigenvalue weighted by molar-refractivity contribution is 7.98. The van der Waals surface area contributed by atoms with Gasteiger partial charge in [-0.05, 0) is 37.4 Å². The molecule has 0 aromatic heterocycles. The third-order valence-electron chi connectivity index (χ3n) is 3.40. The van der Waals surface area contributed by atoms with E-state index in [1.165, 1.54) is 16.4 Å². The van der Waals surface area contributed by atoms with Gasteiger partial charge in [0.2, 0.25) is 10.0 Å². The highest BCUT2D eigenvalue weighted by atomic mass is 32.2. The molecule has 0 spiro atoms. The van der Waals surface area contributed by atoms with Crippen molar-refractivity contribution in [3.05, 3.63) is 29.6 Å². The maximum absolute atomic E-state index is 13.5.